The van der Waals surface area contributed by atoms with Gasteiger partial charge in [0.25, 0.3) is 0 Å². The molecule has 0 amide bonds. The molecule has 5 heteroatoms. The van der Waals surface area contributed by atoms with Gasteiger partial charge >= 0.3 is 5.97 Å². The summed E-state index contributed by atoms with van der Waals surface area (Å²) in [5.74, 6) is -0.927. The quantitative estimate of drug-likeness (QED) is 0.762. The Hall–Kier alpha value is -1.36. The van der Waals surface area contributed by atoms with E-state index in [1.807, 2.05) is 0 Å². The van der Waals surface area contributed by atoms with Crippen molar-refractivity contribution < 1.29 is 9.90 Å². The van der Waals surface area contributed by atoms with Gasteiger partial charge in [0.1, 0.15) is 5.56 Å². The second kappa shape index (κ2) is 4.93. The van der Waals surface area contributed by atoms with Crippen LogP contribution in [0, 0.1) is 0 Å². The van der Waals surface area contributed by atoms with Gasteiger partial charge in [0.05, 0.1) is 11.9 Å². The fourth-order valence-electron chi connectivity index (χ4n) is 1.27. The van der Waals surface area contributed by atoms with E-state index >= 15 is 0 Å². The van der Waals surface area contributed by atoms with Crippen molar-refractivity contribution in [3.8, 4) is 0 Å². The van der Waals surface area contributed by atoms with E-state index in [4.69, 9.17) is 5.11 Å². The Morgan fingerprint density at radius 2 is 2.40 bits per heavy atom. The first kappa shape index (κ1) is 11.7. The first-order valence-corrected chi connectivity index (χ1v) is 5.03. The standard InChI is InChI=1S/C10H17N3O2/c1-4-7(2)11-6-9-8(10(14)15)5-12-13(9)3/h5,7,11H,4,6H2,1-3H3,(H,14,15). The summed E-state index contributed by atoms with van der Waals surface area (Å²) >= 11 is 0. The van der Waals surface area contributed by atoms with Gasteiger partial charge in [-0.3, -0.25) is 4.68 Å². The van der Waals surface area contributed by atoms with Gasteiger partial charge in [-0.2, -0.15) is 5.10 Å². The molecular formula is C10H17N3O2. The minimum absolute atomic E-state index is 0.272. The summed E-state index contributed by atoms with van der Waals surface area (Å²) in [5.41, 5.74) is 0.983. The largest absolute Gasteiger partial charge is 0.478 e. The van der Waals surface area contributed by atoms with Gasteiger partial charge in [-0.1, -0.05) is 6.92 Å². The Kier molecular flexibility index (Phi) is 3.85. The molecule has 0 saturated carbocycles. The number of rotatable bonds is 5. The number of carboxylic acid groups (broad SMARTS) is 1. The maximum absolute atomic E-state index is 10.9. The highest BCUT2D eigenvalue weighted by molar-refractivity contribution is 5.88. The summed E-state index contributed by atoms with van der Waals surface area (Å²) in [6.07, 6.45) is 2.40. The number of nitrogens with one attached hydrogen (secondary N) is 1. The summed E-state index contributed by atoms with van der Waals surface area (Å²) in [6, 6.07) is 0.376. The number of carbonyl (C=O) groups is 1. The first-order chi connectivity index (χ1) is 7.06. The summed E-state index contributed by atoms with van der Waals surface area (Å²) in [5, 5.41) is 16.1. The van der Waals surface area contributed by atoms with Crippen molar-refractivity contribution in [3.63, 3.8) is 0 Å². The highest BCUT2D eigenvalue weighted by atomic mass is 16.4. The van der Waals surface area contributed by atoms with Crippen molar-refractivity contribution in [3.05, 3.63) is 17.5 Å². The highest BCUT2D eigenvalue weighted by Crippen LogP contribution is 2.07. The lowest BCUT2D eigenvalue weighted by Crippen LogP contribution is -2.26. The lowest BCUT2D eigenvalue weighted by Gasteiger charge is -2.11. The zero-order valence-corrected chi connectivity index (χ0v) is 9.32. The molecule has 1 rings (SSSR count). The predicted octanol–water partition coefficient (Wildman–Crippen LogP) is 1.01. The average molecular weight is 211 g/mol. The van der Waals surface area contributed by atoms with E-state index in [1.165, 1.54) is 6.20 Å². The molecule has 0 aliphatic rings. The summed E-state index contributed by atoms with van der Waals surface area (Å²) in [4.78, 5) is 10.9. The van der Waals surface area contributed by atoms with Crippen LogP contribution in [0.1, 0.15) is 36.3 Å². The van der Waals surface area contributed by atoms with Crippen LogP contribution < -0.4 is 5.32 Å². The normalized spacial score (nSPS) is 12.7. The molecule has 0 aliphatic carbocycles. The zero-order valence-electron chi connectivity index (χ0n) is 9.32. The number of aromatic nitrogens is 2. The molecule has 5 nitrogen and oxygen atoms in total. The molecule has 1 unspecified atom stereocenters. The molecule has 0 bridgehead atoms. The van der Waals surface area contributed by atoms with Crippen LogP contribution in [-0.4, -0.2) is 26.9 Å². The predicted molar refractivity (Wildman–Crippen MR) is 56.8 cm³/mol. The van der Waals surface area contributed by atoms with Crippen molar-refractivity contribution in [2.24, 2.45) is 7.05 Å². The van der Waals surface area contributed by atoms with Gasteiger partial charge in [-0.15, -0.1) is 0 Å². The average Bonchev–Trinajstić information content (AvgIpc) is 2.56. The smallest absolute Gasteiger partial charge is 0.339 e. The summed E-state index contributed by atoms with van der Waals surface area (Å²) in [6.45, 7) is 4.68. The Balaban J connectivity index is 2.75. The molecule has 1 aromatic rings. The number of hydrogen-bond acceptors (Lipinski definition) is 3. The van der Waals surface area contributed by atoms with E-state index in [0.717, 1.165) is 6.42 Å². The summed E-state index contributed by atoms with van der Waals surface area (Å²) in [7, 11) is 1.75. The van der Waals surface area contributed by atoms with Crippen LogP contribution in [0.15, 0.2) is 6.20 Å². The second-order valence-corrected chi connectivity index (χ2v) is 3.62. The maximum Gasteiger partial charge on any atom is 0.339 e. The van der Waals surface area contributed by atoms with E-state index in [9.17, 15) is 4.79 Å². The van der Waals surface area contributed by atoms with Crippen molar-refractivity contribution in [2.45, 2.75) is 32.9 Å². The third-order valence-corrected chi connectivity index (χ3v) is 2.52. The van der Waals surface area contributed by atoms with Crippen molar-refractivity contribution >= 4 is 5.97 Å². The number of aryl methyl sites for hydroxylation is 1. The minimum Gasteiger partial charge on any atom is -0.478 e. The van der Waals surface area contributed by atoms with Gasteiger partial charge < -0.3 is 10.4 Å². The second-order valence-electron chi connectivity index (χ2n) is 3.62. The molecule has 1 aromatic heterocycles. The fraction of sp³-hybridized carbons (Fsp3) is 0.600. The van der Waals surface area contributed by atoms with Crippen molar-refractivity contribution in [1.82, 2.24) is 15.1 Å². The SMILES string of the molecule is CCC(C)NCc1c(C(=O)O)cnn1C. The van der Waals surface area contributed by atoms with Crippen LogP contribution in [0.2, 0.25) is 0 Å². The van der Waals surface area contributed by atoms with Crippen LogP contribution in [0.5, 0.6) is 0 Å². The van der Waals surface area contributed by atoms with Gasteiger partial charge in [0, 0.05) is 19.6 Å². The van der Waals surface area contributed by atoms with Crippen LogP contribution in [0.4, 0.5) is 0 Å². The highest BCUT2D eigenvalue weighted by Gasteiger charge is 2.14. The lowest BCUT2D eigenvalue weighted by molar-refractivity contribution is 0.0695. The molecular weight excluding hydrogens is 194 g/mol. The monoisotopic (exact) mass is 211 g/mol. The fourth-order valence-corrected chi connectivity index (χ4v) is 1.27. The third kappa shape index (κ3) is 2.79. The minimum atomic E-state index is -0.927. The van der Waals surface area contributed by atoms with Crippen LogP contribution >= 0.6 is 0 Å². The first-order valence-electron chi connectivity index (χ1n) is 5.03. The third-order valence-electron chi connectivity index (χ3n) is 2.52. The molecule has 1 heterocycles. The van der Waals surface area contributed by atoms with Gasteiger partial charge in [0.15, 0.2) is 0 Å². The van der Waals surface area contributed by atoms with Gasteiger partial charge in [-0.05, 0) is 13.3 Å². The number of hydrogen-bond donors (Lipinski definition) is 2. The van der Waals surface area contributed by atoms with Crippen molar-refractivity contribution in [1.29, 1.82) is 0 Å². The molecule has 0 radical (unpaired) electrons. The number of nitrogens with zero attached hydrogens (tertiary/aromatic N) is 2. The molecule has 2 N–H and O–H groups in total. The van der Waals surface area contributed by atoms with E-state index in [0.29, 0.717) is 18.3 Å². The van der Waals surface area contributed by atoms with E-state index < -0.39 is 5.97 Å². The molecule has 1 atom stereocenters. The number of carboxylic acids is 1. The molecule has 0 fully saturated rings. The Bertz CT molecular complexity index is 346. The van der Waals surface area contributed by atoms with Crippen molar-refractivity contribution in [2.75, 3.05) is 0 Å². The van der Waals surface area contributed by atoms with Gasteiger partial charge in [0.2, 0.25) is 0 Å². The maximum atomic E-state index is 10.9. The molecule has 84 valence electrons. The van der Waals surface area contributed by atoms with Gasteiger partial charge in [-0.25, -0.2) is 4.79 Å². The molecule has 0 spiro atoms. The lowest BCUT2D eigenvalue weighted by atomic mass is 10.2. The number of aromatic carboxylic acids is 1. The summed E-state index contributed by atoms with van der Waals surface area (Å²) < 4.78 is 1.60. The van der Waals surface area contributed by atoms with Crippen LogP contribution in [-0.2, 0) is 13.6 Å². The topological polar surface area (TPSA) is 67.2 Å². The zero-order chi connectivity index (χ0) is 11.4. The van der Waals surface area contributed by atoms with E-state index in [2.05, 4.69) is 24.3 Å². The Labute approximate surface area is 89.1 Å². The molecule has 0 aliphatic heterocycles. The molecule has 15 heavy (non-hydrogen) atoms. The molecule has 0 aromatic carbocycles. The van der Waals surface area contributed by atoms with Crippen LogP contribution in [0.25, 0.3) is 0 Å². The Morgan fingerprint density at radius 1 is 1.73 bits per heavy atom. The Morgan fingerprint density at radius 3 is 2.93 bits per heavy atom. The molecule has 0 saturated heterocycles. The van der Waals surface area contributed by atoms with E-state index in [-0.39, 0.29) is 5.56 Å². The van der Waals surface area contributed by atoms with Crippen LogP contribution in [0.3, 0.4) is 0 Å². The van der Waals surface area contributed by atoms with E-state index in [1.54, 1.807) is 11.7 Å².